The van der Waals surface area contributed by atoms with Crippen molar-refractivity contribution in [1.82, 2.24) is 4.98 Å². The van der Waals surface area contributed by atoms with Crippen molar-refractivity contribution in [3.05, 3.63) is 23.2 Å². The molecule has 4 heteroatoms. The summed E-state index contributed by atoms with van der Waals surface area (Å²) in [5, 5.41) is 5.16. The Labute approximate surface area is 111 Å². The van der Waals surface area contributed by atoms with Gasteiger partial charge in [0, 0.05) is 6.04 Å². The number of halogens is 1. The molecule has 0 saturated carbocycles. The maximum absolute atomic E-state index is 6.14. The van der Waals surface area contributed by atoms with E-state index in [4.69, 9.17) is 11.6 Å². The van der Waals surface area contributed by atoms with E-state index in [1.807, 2.05) is 18.2 Å². The van der Waals surface area contributed by atoms with E-state index in [0.717, 1.165) is 20.4 Å². The lowest BCUT2D eigenvalue weighted by atomic mass is 9.88. The van der Waals surface area contributed by atoms with E-state index in [2.05, 4.69) is 38.0 Å². The molecular weight excluding hydrogens is 252 g/mol. The lowest BCUT2D eigenvalue weighted by molar-refractivity contribution is 0.359. The molecular formula is C13H17ClN2S. The smallest absolute Gasteiger partial charge is 0.184 e. The van der Waals surface area contributed by atoms with Crippen LogP contribution in [0, 0.1) is 5.41 Å². The molecule has 0 bridgehead atoms. The van der Waals surface area contributed by atoms with Crippen LogP contribution in [-0.2, 0) is 0 Å². The highest BCUT2D eigenvalue weighted by Gasteiger charge is 2.20. The minimum absolute atomic E-state index is 0.210. The Balaban J connectivity index is 2.29. The van der Waals surface area contributed by atoms with E-state index in [0.29, 0.717) is 6.04 Å². The van der Waals surface area contributed by atoms with Crippen molar-refractivity contribution in [2.75, 3.05) is 5.32 Å². The summed E-state index contributed by atoms with van der Waals surface area (Å²) < 4.78 is 1.05. The van der Waals surface area contributed by atoms with Crippen molar-refractivity contribution in [3.8, 4) is 0 Å². The van der Waals surface area contributed by atoms with Crippen molar-refractivity contribution in [2.24, 2.45) is 5.41 Å². The summed E-state index contributed by atoms with van der Waals surface area (Å²) >= 11 is 7.75. The fourth-order valence-corrected chi connectivity index (χ4v) is 2.62. The fourth-order valence-electron chi connectivity index (χ4n) is 1.38. The normalized spacial score (nSPS) is 13.9. The molecule has 0 aliphatic carbocycles. The molecule has 0 amide bonds. The maximum atomic E-state index is 6.14. The van der Waals surface area contributed by atoms with Gasteiger partial charge < -0.3 is 5.32 Å². The highest BCUT2D eigenvalue weighted by molar-refractivity contribution is 7.22. The third kappa shape index (κ3) is 2.72. The van der Waals surface area contributed by atoms with Gasteiger partial charge in [-0.2, -0.15) is 0 Å². The number of thiazole rings is 1. The van der Waals surface area contributed by atoms with Crippen LogP contribution >= 0.6 is 22.9 Å². The van der Waals surface area contributed by atoms with Crippen molar-refractivity contribution < 1.29 is 0 Å². The molecule has 1 atom stereocenters. The quantitative estimate of drug-likeness (QED) is 0.847. The van der Waals surface area contributed by atoms with E-state index in [1.165, 1.54) is 0 Å². The van der Waals surface area contributed by atoms with Gasteiger partial charge in [-0.1, -0.05) is 49.8 Å². The molecule has 0 aliphatic heterocycles. The fraction of sp³-hybridized carbons (Fsp3) is 0.462. The number of anilines is 1. The molecule has 0 radical (unpaired) electrons. The van der Waals surface area contributed by atoms with Gasteiger partial charge in [0.1, 0.15) is 0 Å². The van der Waals surface area contributed by atoms with Crippen molar-refractivity contribution in [1.29, 1.82) is 0 Å². The van der Waals surface area contributed by atoms with Gasteiger partial charge >= 0.3 is 0 Å². The second-order valence-corrected chi connectivity index (χ2v) is 6.75. The molecule has 2 nitrogen and oxygen atoms in total. The number of benzene rings is 1. The van der Waals surface area contributed by atoms with Crippen molar-refractivity contribution in [2.45, 2.75) is 33.7 Å². The number of nitrogens with zero attached hydrogens (tertiary/aromatic N) is 1. The molecule has 1 N–H and O–H groups in total. The highest BCUT2D eigenvalue weighted by atomic mass is 35.5. The summed E-state index contributed by atoms with van der Waals surface area (Å²) in [7, 11) is 0. The second-order valence-electron chi connectivity index (χ2n) is 5.34. The first-order valence-corrected chi connectivity index (χ1v) is 6.89. The SMILES string of the molecule is CC(Nc1nc2cccc(Cl)c2s1)C(C)(C)C. The van der Waals surface area contributed by atoms with Crippen LogP contribution in [-0.4, -0.2) is 11.0 Å². The van der Waals surface area contributed by atoms with Crippen LogP contribution in [0.2, 0.25) is 5.02 Å². The van der Waals surface area contributed by atoms with Crippen LogP contribution in [0.1, 0.15) is 27.7 Å². The first-order chi connectivity index (χ1) is 7.88. The Hall–Kier alpha value is -0.800. The third-order valence-electron chi connectivity index (χ3n) is 3.01. The molecule has 92 valence electrons. The molecule has 2 aromatic rings. The van der Waals surface area contributed by atoms with E-state index >= 15 is 0 Å². The molecule has 1 aromatic heterocycles. The lowest BCUT2D eigenvalue weighted by Crippen LogP contribution is -2.30. The van der Waals surface area contributed by atoms with E-state index in [1.54, 1.807) is 11.3 Å². The summed E-state index contributed by atoms with van der Waals surface area (Å²) in [6, 6.07) is 6.19. The van der Waals surface area contributed by atoms with Crippen LogP contribution in [0.25, 0.3) is 10.2 Å². The van der Waals surface area contributed by atoms with Gasteiger partial charge in [-0.3, -0.25) is 0 Å². The minimum Gasteiger partial charge on any atom is -0.359 e. The van der Waals surface area contributed by atoms with Crippen LogP contribution < -0.4 is 5.32 Å². The van der Waals surface area contributed by atoms with E-state index < -0.39 is 0 Å². The number of hydrogen-bond donors (Lipinski definition) is 1. The Kier molecular flexibility index (Phi) is 3.32. The number of nitrogens with one attached hydrogen (secondary N) is 1. The first kappa shape index (κ1) is 12.7. The van der Waals surface area contributed by atoms with Gasteiger partial charge in [0.05, 0.1) is 15.2 Å². The minimum atomic E-state index is 0.210. The molecule has 0 saturated heterocycles. The zero-order valence-corrected chi connectivity index (χ0v) is 12.1. The topological polar surface area (TPSA) is 24.9 Å². The van der Waals surface area contributed by atoms with E-state index in [9.17, 15) is 0 Å². The Morgan fingerprint density at radius 2 is 2.06 bits per heavy atom. The molecule has 0 fully saturated rings. The third-order valence-corrected chi connectivity index (χ3v) is 4.47. The molecule has 0 spiro atoms. The van der Waals surface area contributed by atoms with Gasteiger partial charge in [0.2, 0.25) is 0 Å². The molecule has 1 aromatic carbocycles. The monoisotopic (exact) mass is 268 g/mol. The standard InChI is InChI=1S/C13H17ClN2S/c1-8(13(2,3)4)15-12-16-10-7-5-6-9(14)11(10)17-12/h5-8H,1-4H3,(H,15,16). The lowest BCUT2D eigenvalue weighted by Gasteiger charge is -2.27. The largest absolute Gasteiger partial charge is 0.359 e. The van der Waals surface area contributed by atoms with E-state index in [-0.39, 0.29) is 5.41 Å². The summed E-state index contributed by atoms with van der Waals surface area (Å²) in [4.78, 5) is 4.55. The number of rotatable bonds is 2. The average Bonchev–Trinajstić information content (AvgIpc) is 2.60. The zero-order chi connectivity index (χ0) is 12.6. The maximum Gasteiger partial charge on any atom is 0.184 e. The van der Waals surface area contributed by atoms with Gasteiger partial charge in [-0.25, -0.2) is 4.98 Å². The molecule has 0 aliphatic rings. The molecule has 1 unspecified atom stereocenters. The van der Waals surface area contributed by atoms with Crippen LogP contribution in [0.4, 0.5) is 5.13 Å². The predicted molar refractivity (Wildman–Crippen MR) is 77.2 cm³/mol. The molecule has 2 rings (SSSR count). The van der Waals surface area contributed by atoms with Crippen LogP contribution in [0.3, 0.4) is 0 Å². The van der Waals surface area contributed by atoms with Crippen LogP contribution in [0.15, 0.2) is 18.2 Å². The summed E-state index contributed by atoms with van der Waals surface area (Å²) in [6.07, 6.45) is 0. The molecule has 1 heterocycles. The van der Waals surface area contributed by atoms with Gasteiger partial charge in [0.15, 0.2) is 5.13 Å². The zero-order valence-electron chi connectivity index (χ0n) is 10.5. The second kappa shape index (κ2) is 4.46. The van der Waals surface area contributed by atoms with Gasteiger partial charge in [-0.05, 0) is 24.5 Å². The van der Waals surface area contributed by atoms with Gasteiger partial charge in [-0.15, -0.1) is 0 Å². The van der Waals surface area contributed by atoms with Crippen molar-refractivity contribution >= 4 is 38.3 Å². The summed E-state index contributed by atoms with van der Waals surface area (Å²) in [6.45, 7) is 8.81. The highest BCUT2D eigenvalue weighted by Crippen LogP contribution is 2.33. The Bertz CT molecular complexity index is 528. The Morgan fingerprint density at radius 1 is 1.35 bits per heavy atom. The average molecular weight is 269 g/mol. The number of fused-ring (bicyclic) bond motifs is 1. The number of aromatic nitrogens is 1. The predicted octanol–water partition coefficient (Wildman–Crippen LogP) is 4.80. The Morgan fingerprint density at radius 3 is 2.65 bits per heavy atom. The first-order valence-electron chi connectivity index (χ1n) is 5.69. The molecule has 17 heavy (non-hydrogen) atoms. The van der Waals surface area contributed by atoms with Crippen molar-refractivity contribution in [3.63, 3.8) is 0 Å². The number of hydrogen-bond acceptors (Lipinski definition) is 3. The summed E-state index contributed by atoms with van der Waals surface area (Å²) in [5.41, 5.74) is 1.17. The van der Waals surface area contributed by atoms with Gasteiger partial charge in [0.25, 0.3) is 0 Å². The van der Waals surface area contributed by atoms with Crippen LogP contribution in [0.5, 0.6) is 0 Å². The summed E-state index contributed by atoms with van der Waals surface area (Å²) in [5.74, 6) is 0.